The Kier molecular flexibility index (Phi) is 9.86. The Morgan fingerprint density at radius 3 is 2.28 bits per heavy atom. The van der Waals surface area contributed by atoms with E-state index in [1.165, 1.54) is 0 Å². The molecule has 0 radical (unpaired) electrons. The Hall–Kier alpha value is -0.690. The Morgan fingerprint density at radius 1 is 1.17 bits per heavy atom. The predicted octanol–water partition coefficient (Wildman–Crippen LogP) is 0.509. The van der Waals surface area contributed by atoms with Crippen LogP contribution in [0.25, 0.3) is 0 Å². The third-order valence-electron chi connectivity index (χ3n) is 2.78. The maximum Gasteiger partial charge on any atom is 0.323 e. The molecule has 0 saturated carbocycles. The van der Waals surface area contributed by atoms with Crippen LogP contribution in [0.3, 0.4) is 0 Å². The molecular weight excluding hydrogens is 238 g/mol. The molecule has 2 N–H and O–H groups in total. The van der Waals surface area contributed by atoms with Crippen LogP contribution in [-0.2, 0) is 19.0 Å². The summed E-state index contributed by atoms with van der Waals surface area (Å²) < 4.78 is 15.5. The van der Waals surface area contributed by atoms with Crippen LogP contribution in [0, 0.1) is 0 Å². The molecule has 0 spiro atoms. The van der Waals surface area contributed by atoms with Gasteiger partial charge in [-0.15, -0.1) is 0 Å². The fourth-order valence-corrected chi connectivity index (χ4v) is 1.24. The number of hydrogen-bond donors (Lipinski definition) is 2. The highest BCUT2D eigenvalue weighted by atomic mass is 16.5. The molecule has 0 aliphatic carbocycles. The topological polar surface area (TPSA) is 77.0 Å². The van der Waals surface area contributed by atoms with Gasteiger partial charge in [-0.25, -0.2) is 0 Å². The number of carbonyl (C=O) groups is 1. The molecule has 1 atom stereocenters. The van der Waals surface area contributed by atoms with Gasteiger partial charge in [-0.2, -0.15) is 0 Å². The summed E-state index contributed by atoms with van der Waals surface area (Å²) in [5.74, 6) is -0.871. The van der Waals surface area contributed by atoms with E-state index in [1.807, 2.05) is 0 Å². The lowest BCUT2D eigenvalue weighted by atomic mass is 9.99. The third kappa shape index (κ3) is 7.60. The smallest absolute Gasteiger partial charge is 0.323 e. The van der Waals surface area contributed by atoms with Crippen molar-refractivity contribution in [1.29, 1.82) is 0 Å². The van der Waals surface area contributed by atoms with Crippen molar-refractivity contribution in [2.24, 2.45) is 0 Å². The van der Waals surface area contributed by atoms with Gasteiger partial charge in [-0.1, -0.05) is 0 Å². The second kappa shape index (κ2) is 10.3. The molecule has 0 aromatic heterocycles. The first-order valence-electron chi connectivity index (χ1n) is 6.13. The normalized spacial score (nSPS) is 14.4. The fraction of sp³-hybridized carbons (Fsp3) is 0.917. The highest BCUT2D eigenvalue weighted by Gasteiger charge is 2.30. The van der Waals surface area contributed by atoms with E-state index in [-0.39, 0.29) is 0 Å². The van der Waals surface area contributed by atoms with Crippen LogP contribution in [-0.4, -0.2) is 63.8 Å². The van der Waals surface area contributed by atoms with E-state index in [4.69, 9.17) is 19.3 Å². The quantitative estimate of drug-likeness (QED) is 0.500. The molecule has 0 aromatic rings. The Bertz CT molecular complexity index is 225. The maximum atomic E-state index is 11.0. The first-order chi connectivity index (χ1) is 8.56. The minimum atomic E-state index is -0.931. The highest BCUT2D eigenvalue weighted by molar-refractivity contribution is 5.78. The maximum absolute atomic E-state index is 11.0. The van der Waals surface area contributed by atoms with Gasteiger partial charge in [0, 0.05) is 26.9 Å². The van der Waals surface area contributed by atoms with Crippen LogP contribution in [0.2, 0.25) is 0 Å². The van der Waals surface area contributed by atoms with E-state index in [1.54, 1.807) is 21.1 Å². The molecule has 6 nitrogen and oxygen atoms in total. The average molecular weight is 263 g/mol. The van der Waals surface area contributed by atoms with Gasteiger partial charge in [0.05, 0.1) is 13.2 Å². The average Bonchev–Trinajstić information content (AvgIpc) is 2.36. The van der Waals surface area contributed by atoms with Crippen LogP contribution in [0.1, 0.15) is 19.8 Å². The Morgan fingerprint density at radius 2 is 1.78 bits per heavy atom. The molecule has 108 valence electrons. The number of methoxy groups -OCH3 is 1. The molecule has 1 unspecified atom stereocenters. The van der Waals surface area contributed by atoms with E-state index in [0.717, 1.165) is 6.42 Å². The molecular formula is C12H25NO5. The van der Waals surface area contributed by atoms with Crippen molar-refractivity contribution < 1.29 is 24.1 Å². The molecule has 0 rings (SSSR count). The summed E-state index contributed by atoms with van der Waals surface area (Å²) in [5.41, 5.74) is -0.931. The third-order valence-corrected chi connectivity index (χ3v) is 2.78. The monoisotopic (exact) mass is 263 g/mol. The standard InChI is InChI=1S/C12H25NO5/c1-12(13-2,11(14)15)5-8-18-10-9-17-7-4-6-16-3/h13H,4-10H2,1-3H3,(H,14,15). The first kappa shape index (κ1) is 17.3. The number of rotatable bonds is 12. The van der Waals surface area contributed by atoms with Crippen molar-refractivity contribution in [2.45, 2.75) is 25.3 Å². The molecule has 0 fully saturated rings. The van der Waals surface area contributed by atoms with E-state index >= 15 is 0 Å². The van der Waals surface area contributed by atoms with Crippen molar-refractivity contribution in [3.05, 3.63) is 0 Å². The fourth-order valence-electron chi connectivity index (χ4n) is 1.24. The molecule has 6 heteroatoms. The zero-order valence-corrected chi connectivity index (χ0v) is 11.5. The summed E-state index contributed by atoms with van der Waals surface area (Å²) in [7, 11) is 3.29. The number of aliphatic carboxylic acids is 1. The summed E-state index contributed by atoms with van der Waals surface area (Å²) in [5, 5.41) is 11.8. The van der Waals surface area contributed by atoms with Crippen LogP contribution < -0.4 is 5.32 Å². The number of hydrogen-bond acceptors (Lipinski definition) is 5. The van der Waals surface area contributed by atoms with Crippen LogP contribution >= 0.6 is 0 Å². The van der Waals surface area contributed by atoms with E-state index < -0.39 is 11.5 Å². The van der Waals surface area contributed by atoms with Crippen LogP contribution in [0.15, 0.2) is 0 Å². The molecule has 18 heavy (non-hydrogen) atoms. The minimum Gasteiger partial charge on any atom is -0.480 e. The molecule has 0 aliphatic heterocycles. The van der Waals surface area contributed by atoms with Gasteiger partial charge in [-0.05, 0) is 26.8 Å². The first-order valence-corrected chi connectivity index (χ1v) is 6.13. The number of nitrogens with one attached hydrogen (secondary N) is 1. The number of ether oxygens (including phenoxy) is 3. The lowest BCUT2D eigenvalue weighted by Crippen LogP contribution is -2.48. The SMILES string of the molecule is CNC(C)(CCOCCOCCCOC)C(=O)O. The van der Waals surface area contributed by atoms with Gasteiger partial charge in [0.25, 0.3) is 0 Å². The predicted molar refractivity (Wildman–Crippen MR) is 67.8 cm³/mol. The van der Waals surface area contributed by atoms with Gasteiger partial charge in [0.1, 0.15) is 5.54 Å². The van der Waals surface area contributed by atoms with E-state index in [2.05, 4.69) is 5.32 Å². The second-order valence-electron chi connectivity index (χ2n) is 4.21. The summed E-state index contributed by atoms with van der Waals surface area (Å²) in [6.07, 6.45) is 1.29. The molecule has 0 heterocycles. The van der Waals surface area contributed by atoms with Gasteiger partial charge in [0.2, 0.25) is 0 Å². The largest absolute Gasteiger partial charge is 0.480 e. The summed E-state index contributed by atoms with van der Waals surface area (Å²) >= 11 is 0. The van der Waals surface area contributed by atoms with Gasteiger partial charge in [-0.3, -0.25) is 4.79 Å². The Balaban J connectivity index is 3.42. The lowest BCUT2D eigenvalue weighted by molar-refractivity contribution is -0.144. The Labute approximate surface area is 109 Å². The van der Waals surface area contributed by atoms with E-state index in [0.29, 0.717) is 39.5 Å². The van der Waals surface area contributed by atoms with Crippen LogP contribution in [0.4, 0.5) is 0 Å². The lowest BCUT2D eigenvalue weighted by Gasteiger charge is -2.23. The highest BCUT2D eigenvalue weighted by Crippen LogP contribution is 2.08. The number of carboxylic acids is 1. The minimum absolute atomic E-state index is 0.394. The van der Waals surface area contributed by atoms with E-state index in [9.17, 15) is 4.79 Å². The van der Waals surface area contributed by atoms with Crippen molar-refractivity contribution in [2.75, 3.05) is 47.2 Å². The van der Waals surface area contributed by atoms with Crippen LogP contribution in [0.5, 0.6) is 0 Å². The summed E-state index contributed by atoms with van der Waals surface area (Å²) in [4.78, 5) is 11.0. The van der Waals surface area contributed by atoms with Crippen molar-refractivity contribution >= 4 is 5.97 Å². The zero-order chi connectivity index (χ0) is 13.9. The van der Waals surface area contributed by atoms with Gasteiger partial charge < -0.3 is 24.6 Å². The van der Waals surface area contributed by atoms with Gasteiger partial charge in [0.15, 0.2) is 0 Å². The molecule has 0 amide bonds. The van der Waals surface area contributed by atoms with Crippen molar-refractivity contribution in [3.8, 4) is 0 Å². The molecule has 0 aromatic carbocycles. The number of carboxylic acid groups (broad SMARTS) is 1. The summed E-state index contributed by atoms with van der Waals surface area (Å²) in [6.45, 7) is 4.38. The number of likely N-dealkylation sites (N-methyl/N-ethyl adjacent to an activating group) is 1. The van der Waals surface area contributed by atoms with Gasteiger partial charge >= 0.3 is 5.97 Å². The van der Waals surface area contributed by atoms with Crippen molar-refractivity contribution in [3.63, 3.8) is 0 Å². The zero-order valence-electron chi connectivity index (χ0n) is 11.5. The van der Waals surface area contributed by atoms with Crippen molar-refractivity contribution in [1.82, 2.24) is 5.32 Å². The molecule has 0 aliphatic rings. The molecule has 0 saturated heterocycles. The second-order valence-corrected chi connectivity index (χ2v) is 4.21. The summed E-state index contributed by atoms with van der Waals surface area (Å²) in [6, 6.07) is 0. The molecule has 0 bridgehead atoms.